The molecule has 2 aliphatic heterocycles. The molecule has 14 heteroatoms. The molecule has 0 unspecified atom stereocenters. The maximum Gasteiger partial charge on any atom is 0.303 e. The highest BCUT2D eigenvalue weighted by molar-refractivity contribution is 5.66. The lowest BCUT2D eigenvalue weighted by atomic mass is 9.35. The number of aliphatic hydroxyl groups is 8. The fraction of sp³-hybridized carbons (Fsp3) is 0.886. The van der Waals surface area contributed by atoms with Crippen LogP contribution in [0.4, 0.5) is 0 Å². The van der Waals surface area contributed by atoms with Crippen LogP contribution in [0.15, 0.2) is 23.3 Å². The van der Waals surface area contributed by atoms with Crippen LogP contribution in [0.1, 0.15) is 107 Å². The summed E-state index contributed by atoms with van der Waals surface area (Å²) in [5.41, 5.74) is 0.393. The van der Waals surface area contributed by atoms with E-state index in [-0.39, 0.29) is 46.7 Å². The number of hydrogen-bond donors (Lipinski definition) is 8. The highest BCUT2D eigenvalue weighted by atomic mass is 16.7. The second-order valence-electron chi connectivity index (χ2n) is 20.9. The average Bonchev–Trinajstić information content (AvgIpc) is 3.16. The van der Waals surface area contributed by atoms with Gasteiger partial charge in [0.25, 0.3) is 0 Å². The van der Waals surface area contributed by atoms with Crippen LogP contribution in [-0.4, -0.2) is 140 Å². The molecule has 0 radical (unpaired) electrons. The molecule has 5 fully saturated rings. The van der Waals surface area contributed by atoms with Crippen LogP contribution >= 0.6 is 0 Å². The van der Waals surface area contributed by atoms with Crippen molar-refractivity contribution in [2.45, 2.75) is 180 Å². The molecule has 3 saturated carbocycles. The molecule has 19 atom stereocenters. The van der Waals surface area contributed by atoms with E-state index in [1.54, 1.807) is 6.92 Å². The van der Waals surface area contributed by atoms with Crippen molar-refractivity contribution in [2.24, 2.45) is 44.3 Å². The van der Waals surface area contributed by atoms with Crippen LogP contribution in [0.25, 0.3) is 0 Å². The van der Waals surface area contributed by atoms with E-state index in [2.05, 4.69) is 46.8 Å². The smallest absolute Gasteiger partial charge is 0.303 e. The van der Waals surface area contributed by atoms with E-state index in [0.29, 0.717) is 12.8 Å². The van der Waals surface area contributed by atoms with Crippen LogP contribution in [-0.2, 0) is 28.5 Å². The van der Waals surface area contributed by atoms with Crippen LogP contribution in [0.3, 0.4) is 0 Å². The highest BCUT2D eigenvalue weighted by Gasteiger charge is 2.69. The van der Waals surface area contributed by atoms with Gasteiger partial charge in [-0.2, -0.15) is 0 Å². The largest absolute Gasteiger partial charge is 0.457 e. The maximum absolute atomic E-state index is 12.0. The summed E-state index contributed by atoms with van der Waals surface area (Å²) in [6, 6.07) is 0. The zero-order valence-electron chi connectivity index (χ0n) is 35.5. The molecule has 8 N–H and O–H groups in total. The molecule has 330 valence electrons. The van der Waals surface area contributed by atoms with Crippen molar-refractivity contribution < 1.29 is 69.3 Å². The fourth-order valence-corrected chi connectivity index (χ4v) is 13.4. The summed E-state index contributed by atoms with van der Waals surface area (Å²) < 4.78 is 29.4. The Labute approximate surface area is 342 Å². The number of esters is 1. The van der Waals surface area contributed by atoms with E-state index in [4.69, 9.17) is 23.7 Å². The Bertz CT molecular complexity index is 1620. The van der Waals surface area contributed by atoms with Gasteiger partial charge in [0, 0.05) is 23.2 Å². The lowest BCUT2D eigenvalue weighted by Gasteiger charge is -2.70. The minimum Gasteiger partial charge on any atom is -0.457 e. The number of allylic oxidation sites excluding steroid dienone is 3. The Hall–Kier alpha value is -1.53. The van der Waals surface area contributed by atoms with Crippen LogP contribution < -0.4 is 0 Å². The number of rotatable bonds is 8. The van der Waals surface area contributed by atoms with Crippen molar-refractivity contribution in [3.05, 3.63) is 23.3 Å². The van der Waals surface area contributed by atoms with Crippen LogP contribution in [0, 0.1) is 44.3 Å². The maximum atomic E-state index is 12.0. The number of fused-ring (bicyclic) bond motifs is 6. The molecule has 0 spiro atoms. The zero-order valence-corrected chi connectivity index (χ0v) is 35.5. The summed E-state index contributed by atoms with van der Waals surface area (Å²) >= 11 is 0. The molecule has 14 nitrogen and oxygen atoms in total. The Morgan fingerprint density at radius 2 is 1.50 bits per heavy atom. The molecule has 58 heavy (non-hydrogen) atoms. The van der Waals surface area contributed by atoms with E-state index in [0.717, 1.165) is 45.4 Å². The van der Waals surface area contributed by atoms with Gasteiger partial charge in [0.1, 0.15) is 36.6 Å². The van der Waals surface area contributed by atoms with Crippen molar-refractivity contribution >= 4 is 5.97 Å². The van der Waals surface area contributed by atoms with Gasteiger partial charge in [-0.05, 0) is 91.9 Å². The zero-order chi connectivity index (χ0) is 42.5. The average molecular weight is 823 g/mol. The van der Waals surface area contributed by atoms with Gasteiger partial charge in [-0.3, -0.25) is 4.79 Å². The molecule has 7 rings (SSSR count). The second kappa shape index (κ2) is 15.4. The molecule has 0 aromatic carbocycles. The molecular weight excluding hydrogens is 752 g/mol. The molecule has 0 bridgehead atoms. The van der Waals surface area contributed by atoms with Crippen molar-refractivity contribution in [3.63, 3.8) is 0 Å². The lowest BCUT2D eigenvalue weighted by molar-refractivity contribution is -0.367. The number of hydrogen-bond acceptors (Lipinski definition) is 14. The van der Waals surface area contributed by atoms with Crippen LogP contribution in [0.2, 0.25) is 0 Å². The molecule has 5 aliphatic carbocycles. The predicted octanol–water partition coefficient (Wildman–Crippen LogP) is 2.25. The fourth-order valence-electron chi connectivity index (χ4n) is 13.4. The third-order valence-corrected chi connectivity index (χ3v) is 17.1. The minimum atomic E-state index is -1.76. The minimum absolute atomic E-state index is 0.00610. The third-order valence-electron chi connectivity index (χ3n) is 17.1. The number of aliphatic hydroxyl groups excluding tert-OH is 8. The van der Waals surface area contributed by atoms with E-state index in [9.17, 15) is 45.6 Å². The molecule has 2 saturated heterocycles. The van der Waals surface area contributed by atoms with E-state index in [1.807, 2.05) is 6.92 Å². The Morgan fingerprint density at radius 1 is 0.810 bits per heavy atom. The van der Waals surface area contributed by atoms with Gasteiger partial charge in [0.05, 0.1) is 38.1 Å². The number of carbonyl (C=O) groups excluding carboxylic acids is 1. The Morgan fingerprint density at radius 3 is 2.14 bits per heavy atom. The van der Waals surface area contributed by atoms with E-state index < -0.39 is 97.0 Å². The van der Waals surface area contributed by atoms with Gasteiger partial charge < -0.3 is 64.5 Å². The molecule has 7 aliphatic rings. The van der Waals surface area contributed by atoms with Gasteiger partial charge in [-0.15, -0.1) is 0 Å². The summed E-state index contributed by atoms with van der Waals surface area (Å²) in [5.74, 6) is -0.623. The summed E-state index contributed by atoms with van der Waals surface area (Å²) in [4.78, 5) is 11.6. The monoisotopic (exact) mass is 822 g/mol. The van der Waals surface area contributed by atoms with Gasteiger partial charge in [0.15, 0.2) is 18.7 Å². The van der Waals surface area contributed by atoms with Gasteiger partial charge in [0.2, 0.25) is 0 Å². The first kappa shape index (κ1) is 44.5. The topological polar surface area (TPSA) is 225 Å². The molecule has 0 amide bonds. The normalized spacial score (nSPS) is 52.6. The van der Waals surface area contributed by atoms with Crippen molar-refractivity contribution in [2.75, 3.05) is 19.8 Å². The Balaban J connectivity index is 1.13. The summed E-state index contributed by atoms with van der Waals surface area (Å²) in [5, 5.41) is 88.6. The first-order chi connectivity index (χ1) is 27.1. The Kier molecular flexibility index (Phi) is 11.8. The first-order valence-electron chi connectivity index (χ1n) is 21.5. The van der Waals surface area contributed by atoms with Gasteiger partial charge in [-0.1, -0.05) is 59.3 Å². The number of carbonyl (C=O) groups is 1. The van der Waals surface area contributed by atoms with Crippen molar-refractivity contribution in [1.29, 1.82) is 0 Å². The molecule has 0 aromatic rings. The SMILES string of the molecule is CC(=O)O[C@H]1[C@H](O)[C@@H](O)[C@H](O[C@H]2[C@@H](O)[C@@H](C)O[C@@H](O[C@H]3CC[C@@]4(C)[C@@H](CC[C@]5(C)[C@@H]4C=CC4=C6CC(C)(C)CC[C@]6(CO)[C@H](O)C[C@]45C)[C@]3(C)CO)[C@@H]2O)O[C@@H]1CO. The van der Waals surface area contributed by atoms with Gasteiger partial charge in [-0.25, -0.2) is 0 Å². The summed E-state index contributed by atoms with van der Waals surface area (Å²) in [6.07, 6.45) is -4.75. The summed E-state index contributed by atoms with van der Waals surface area (Å²) in [6.45, 7) is 15.4. The number of ether oxygens (including phenoxy) is 5. The predicted molar refractivity (Wildman–Crippen MR) is 208 cm³/mol. The van der Waals surface area contributed by atoms with Crippen LogP contribution in [0.5, 0.6) is 0 Å². The molecular formula is C44H70O14. The third kappa shape index (κ3) is 6.61. The second-order valence-corrected chi connectivity index (χ2v) is 20.9. The molecule has 2 heterocycles. The van der Waals surface area contributed by atoms with Gasteiger partial charge >= 0.3 is 5.97 Å². The van der Waals surface area contributed by atoms with Crippen molar-refractivity contribution in [1.82, 2.24) is 0 Å². The highest BCUT2D eigenvalue weighted by Crippen LogP contribution is 2.74. The lowest BCUT2D eigenvalue weighted by Crippen LogP contribution is -2.67. The summed E-state index contributed by atoms with van der Waals surface area (Å²) in [7, 11) is 0. The van der Waals surface area contributed by atoms with E-state index >= 15 is 0 Å². The standard InChI is InChI=1S/C44H70O14/c1-22-31(50)36(58-37-33(52)32(51)35(55-23(2)48)26(19-45)56-37)34(53)38(54-22)57-30-12-13-40(5)27(41(30,6)20-46)11-14-42(7)28(40)10-9-24-25-17-39(3,4)15-16-44(25,21-47)29(49)18-43(24,42)8/h9-10,22,26-38,45-47,49-53H,11-21H2,1-8H3/t22-,26-,27-,28-,29-,30+,31+,32-,33-,34-,35-,36+,37+,38+,40+,41+,42-,43-,44-/m1/s1. The van der Waals surface area contributed by atoms with Crippen molar-refractivity contribution in [3.8, 4) is 0 Å². The first-order valence-corrected chi connectivity index (χ1v) is 21.5. The molecule has 0 aromatic heterocycles. The van der Waals surface area contributed by atoms with E-state index in [1.165, 1.54) is 11.1 Å². The quantitative estimate of drug-likeness (QED) is 0.130.